The van der Waals surface area contributed by atoms with E-state index >= 15 is 0 Å². The molecule has 1 nitrogen and oxygen atoms in total. The zero-order valence-corrected chi connectivity index (χ0v) is 10.2. The Morgan fingerprint density at radius 2 is 1.81 bits per heavy atom. The molecule has 0 aliphatic rings. The van der Waals surface area contributed by atoms with E-state index in [1.54, 1.807) is 24.3 Å². The van der Waals surface area contributed by atoms with E-state index in [9.17, 15) is 5.11 Å². The van der Waals surface area contributed by atoms with Gasteiger partial charge in [0.15, 0.2) is 0 Å². The highest BCUT2D eigenvalue weighted by Crippen LogP contribution is 2.34. The molecule has 82 valence electrons. The predicted molar refractivity (Wildman–Crippen MR) is 68.3 cm³/mol. The average molecular weight is 253 g/mol. The van der Waals surface area contributed by atoms with Crippen LogP contribution in [-0.4, -0.2) is 5.11 Å². The van der Waals surface area contributed by atoms with Crippen molar-refractivity contribution in [3.05, 3.63) is 52.0 Å². The number of aryl methyl sites for hydroxylation is 1. The standard InChI is InChI=1S/C13H10Cl2O/c1-8-5-13(16)11(7-12(8)15)9-3-2-4-10(14)6-9/h2-7,16H,1H3. The highest BCUT2D eigenvalue weighted by molar-refractivity contribution is 6.32. The molecule has 0 unspecified atom stereocenters. The molecule has 0 aromatic heterocycles. The first-order valence-corrected chi connectivity index (χ1v) is 5.58. The minimum atomic E-state index is 0.212. The summed E-state index contributed by atoms with van der Waals surface area (Å²) in [6, 6.07) is 10.7. The third-order valence-electron chi connectivity index (χ3n) is 2.41. The first-order valence-electron chi connectivity index (χ1n) is 4.83. The van der Waals surface area contributed by atoms with Gasteiger partial charge in [-0.25, -0.2) is 0 Å². The molecule has 0 aliphatic carbocycles. The van der Waals surface area contributed by atoms with Crippen LogP contribution in [0.4, 0.5) is 0 Å². The summed E-state index contributed by atoms with van der Waals surface area (Å²) < 4.78 is 0. The number of benzene rings is 2. The quantitative estimate of drug-likeness (QED) is 0.782. The molecule has 2 aromatic carbocycles. The molecule has 0 heterocycles. The summed E-state index contributed by atoms with van der Waals surface area (Å²) in [5.41, 5.74) is 2.40. The molecular weight excluding hydrogens is 243 g/mol. The minimum absolute atomic E-state index is 0.212. The van der Waals surface area contributed by atoms with Crippen molar-refractivity contribution in [1.29, 1.82) is 0 Å². The molecule has 0 fully saturated rings. The summed E-state index contributed by atoms with van der Waals surface area (Å²) >= 11 is 11.9. The number of hydrogen-bond donors (Lipinski definition) is 1. The van der Waals surface area contributed by atoms with Crippen LogP contribution in [0, 0.1) is 6.92 Å². The van der Waals surface area contributed by atoms with Gasteiger partial charge in [0.05, 0.1) is 0 Å². The van der Waals surface area contributed by atoms with E-state index in [4.69, 9.17) is 23.2 Å². The van der Waals surface area contributed by atoms with Crippen LogP contribution in [0.5, 0.6) is 5.75 Å². The lowest BCUT2D eigenvalue weighted by Crippen LogP contribution is -1.82. The number of phenolic OH excluding ortho intramolecular Hbond substituents is 1. The minimum Gasteiger partial charge on any atom is -0.507 e. The van der Waals surface area contributed by atoms with Gasteiger partial charge in [-0.2, -0.15) is 0 Å². The van der Waals surface area contributed by atoms with Crippen LogP contribution in [0.1, 0.15) is 5.56 Å². The smallest absolute Gasteiger partial charge is 0.123 e. The van der Waals surface area contributed by atoms with E-state index in [0.717, 1.165) is 11.1 Å². The molecule has 3 heteroatoms. The third-order valence-corrected chi connectivity index (χ3v) is 3.05. The lowest BCUT2D eigenvalue weighted by molar-refractivity contribution is 0.477. The van der Waals surface area contributed by atoms with E-state index < -0.39 is 0 Å². The van der Waals surface area contributed by atoms with Crippen LogP contribution >= 0.6 is 23.2 Å². The summed E-state index contributed by atoms with van der Waals surface area (Å²) in [4.78, 5) is 0. The zero-order chi connectivity index (χ0) is 11.7. The molecule has 2 aromatic rings. The first-order chi connectivity index (χ1) is 7.58. The second kappa shape index (κ2) is 4.36. The number of halogens is 2. The number of hydrogen-bond acceptors (Lipinski definition) is 1. The molecule has 1 N–H and O–H groups in total. The number of aromatic hydroxyl groups is 1. The Hall–Kier alpha value is -1.18. The molecule has 0 aliphatic heterocycles. The molecule has 0 saturated heterocycles. The lowest BCUT2D eigenvalue weighted by Gasteiger charge is -2.07. The van der Waals surface area contributed by atoms with Crippen LogP contribution in [0.2, 0.25) is 10.0 Å². The van der Waals surface area contributed by atoms with Crippen molar-refractivity contribution < 1.29 is 5.11 Å². The van der Waals surface area contributed by atoms with E-state index in [1.165, 1.54) is 0 Å². The van der Waals surface area contributed by atoms with E-state index in [2.05, 4.69) is 0 Å². The second-order valence-corrected chi connectivity index (χ2v) is 4.47. The number of phenols is 1. The molecule has 0 amide bonds. The van der Waals surface area contributed by atoms with Gasteiger partial charge in [-0.3, -0.25) is 0 Å². The van der Waals surface area contributed by atoms with Crippen molar-refractivity contribution in [2.75, 3.05) is 0 Å². The Bertz CT molecular complexity index is 535. The largest absolute Gasteiger partial charge is 0.507 e. The van der Waals surface area contributed by atoms with Crippen LogP contribution in [0.25, 0.3) is 11.1 Å². The topological polar surface area (TPSA) is 20.2 Å². The SMILES string of the molecule is Cc1cc(O)c(-c2cccc(Cl)c2)cc1Cl. The predicted octanol–water partition coefficient (Wildman–Crippen LogP) is 4.67. The van der Waals surface area contributed by atoms with Gasteiger partial charge in [0, 0.05) is 15.6 Å². The normalized spacial score (nSPS) is 10.4. The number of rotatable bonds is 1. The van der Waals surface area contributed by atoms with Crippen LogP contribution in [0.3, 0.4) is 0 Å². The fourth-order valence-electron chi connectivity index (χ4n) is 1.55. The van der Waals surface area contributed by atoms with Gasteiger partial charge in [0.1, 0.15) is 5.75 Å². The molecule has 2 rings (SSSR count). The van der Waals surface area contributed by atoms with Crippen molar-refractivity contribution in [3.8, 4) is 16.9 Å². The highest BCUT2D eigenvalue weighted by Gasteiger charge is 2.07. The van der Waals surface area contributed by atoms with Crippen molar-refractivity contribution in [3.63, 3.8) is 0 Å². The fraction of sp³-hybridized carbons (Fsp3) is 0.0769. The molecule has 0 saturated carbocycles. The van der Waals surface area contributed by atoms with Gasteiger partial charge in [0.25, 0.3) is 0 Å². The molecule has 0 bridgehead atoms. The van der Waals surface area contributed by atoms with E-state index in [-0.39, 0.29) is 5.75 Å². The van der Waals surface area contributed by atoms with Crippen molar-refractivity contribution in [1.82, 2.24) is 0 Å². The van der Waals surface area contributed by atoms with Crippen LogP contribution in [0.15, 0.2) is 36.4 Å². The molecular formula is C13H10Cl2O. The van der Waals surface area contributed by atoms with Gasteiger partial charge in [-0.05, 0) is 42.3 Å². The van der Waals surface area contributed by atoms with E-state index in [0.29, 0.717) is 15.6 Å². The molecule has 16 heavy (non-hydrogen) atoms. The maximum absolute atomic E-state index is 9.86. The summed E-state index contributed by atoms with van der Waals surface area (Å²) in [5.74, 6) is 0.212. The van der Waals surface area contributed by atoms with Crippen LogP contribution in [-0.2, 0) is 0 Å². The zero-order valence-electron chi connectivity index (χ0n) is 8.67. The molecule has 0 spiro atoms. The van der Waals surface area contributed by atoms with Crippen molar-refractivity contribution >= 4 is 23.2 Å². The Kier molecular flexibility index (Phi) is 3.08. The maximum atomic E-state index is 9.86. The summed E-state index contributed by atoms with van der Waals surface area (Å²) in [7, 11) is 0. The Labute approximate surface area is 104 Å². The van der Waals surface area contributed by atoms with Crippen molar-refractivity contribution in [2.24, 2.45) is 0 Å². The molecule has 0 atom stereocenters. The first kappa shape index (κ1) is 11.3. The Morgan fingerprint density at radius 1 is 1.06 bits per heavy atom. The maximum Gasteiger partial charge on any atom is 0.123 e. The van der Waals surface area contributed by atoms with Crippen LogP contribution < -0.4 is 0 Å². The average Bonchev–Trinajstić information content (AvgIpc) is 2.23. The lowest BCUT2D eigenvalue weighted by atomic mass is 10.0. The van der Waals surface area contributed by atoms with Gasteiger partial charge in [-0.1, -0.05) is 35.3 Å². The summed E-state index contributed by atoms with van der Waals surface area (Å²) in [5, 5.41) is 11.1. The van der Waals surface area contributed by atoms with Gasteiger partial charge >= 0.3 is 0 Å². The second-order valence-electron chi connectivity index (χ2n) is 3.63. The summed E-state index contributed by atoms with van der Waals surface area (Å²) in [6.07, 6.45) is 0. The van der Waals surface area contributed by atoms with E-state index in [1.807, 2.05) is 19.1 Å². The molecule has 0 radical (unpaired) electrons. The van der Waals surface area contributed by atoms with Gasteiger partial charge < -0.3 is 5.11 Å². The summed E-state index contributed by atoms with van der Waals surface area (Å²) in [6.45, 7) is 1.85. The Morgan fingerprint density at radius 3 is 2.50 bits per heavy atom. The van der Waals surface area contributed by atoms with Gasteiger partial charge in [0.2, 0.25) is 0 Å². The highest BCUT2D eigenvalue weighted by atomic mass is 35.5. The Balaban J connectivity index is 2.60. The monoisotopic (exact) mass is 252 g/mol. The third kappa shape index (κ3) is 2.16. The van der Waals surface area contributed by atoms with Crippen molar-refractivity contribution in [2.45, 2.75) is 6.92 Å². The van der Waals surface area contributed by atoms with Gasteiger partial charge in [-0.15, -0.1) is 0 Å². The fourth-order valence-corrected chi connectivity index (χ4v) is 1.91.